The van der Waals surface area contributed by atoms with E-state index < -0.39 is 41.8 Å². The molecule has 3 rings (SSSR count). The van der Waals surface area contributed by atoms with Gasteiger partial charge in [0.25, 0.3) is 5.91 Å². The van der Waals surface area contributed by atoms with Gasteiger partial charge in [0.2, 0.25) is 0 Å². The molecule has 0 aromatic heterocycles. The van der Waals surface area contributed by atoms with Gasteiger partial charge in [0.15, 0.2) is 18.1 Å². The molecule has 0 aliphatic carbocycles. The third-order valence-corrected chi connectivity index (χ3v) is 5.50. The highest BCUT2D eigenvalue weighted by molar-refractivity contribution is 9.10. The minimum Gasteiger partial charge on any atom is -0.493 e. The fraction of sp³-hybridized carbons (Fsp3) is 0.120. The zero-order valence-electron chi connectivity index (χ0n) is 19.9. The van der Waals surface area contributed by atoms with Crippen LogP contribution >= 0.6 is 27.5 Å². The molecule has 0 heterocycles. The molecule has 0 saturated carbocycles. The maximum absolute atomic E-state index is 13.3. The Morgan fingerprint density at radius 1 is 1.00 bits per heavy atom. The Labute approximate surface area is 233 Å². The highest BCUT2D eigenvalue weighted by Gasteiger charge is 2.34. The maximum Gasteiger partial charge on any atom is 0.418 e. The third-order valence-electron chi connectivity index (χ3n) is 4.78. The molecule has 0 aliphatic heterocycles. The number of amides is 3. The Bertz CT molecular complexity index is 1420. The Hall–Kier alpha value is -4.10. The SMILES string of the molecule is COc1cc(/C=N\NC(=O)C(=O)Nc2cccc(Cl)c2)ccc1OCC(=O)Nc1ccc(Br)cc1C(F)(F)F. The van der Waals surface area contributed by atoms with Crippen LogP contribution in [0.25, 0.3) is 0 Å². The van der Waals surface area contributed by atoms with Gasteiger partial charge in [0.1, 0.15) is 0 Å². The molecule has 39 heavy (non-hydrogen) atoms. The first-order valence-corrected chi connectivity index (χ1v) is 12.0. The normalized spacial score (nSPS) is 11.1. The summed E-state index contributed by atoms with van der Waals surface area (Å²) >= 11 is 8.81. The number of nitrogens with one attached hydrogen (secondary N) is 3. The minimum atomic E-state index is -4.67. The average Bonchev–Trinajstić information content (AvgIpc) is 2.88. The molecule has 0 saturated heterocycles. The molecule has 204 valence electrons. The first-order valence-electron chi connectivity index (χ1n) is 10.8. The number of hydrogen-bond acceptors (Lipinski definition) is 6. The zero-order valence-corrected chi connectivity index (χ0v) is 22.3. The van der Waals surface area contributed by atoms with Crippen molar-refractivity contribution in [1.29, 1.82) is 0 Å². The predicted octanol–water partition coefficient (Wildman–Crippen LogP) is 5.24. The fourth-order valence-corrected chi connectivity index (χ4v) is 3.59. The van der Waals surface area contributed by atoms with Gasteiger partial charge in [0.05, 0.1) is 24.6 Å². The molecule has 9 nitrogen and oxygen atoms in total. The summed E-state index contributed by atoms with van der Waals surface area (Å²) in [5.74, 6) is -2.50. The van der Waals surface area contributed by atoms with Crippen LogP contribution in [0.3, 0.4) is 0 Å². The summed E-state index contributed by atoms with van der Waals surface area (Å²) in [6.45, 7) is -0.602. The molecule has 0 unspecified atom stereocenters. The second kappa shape index (κ2) is 13.1. The van der Waals surface area contributed by atoms with Crippen molar-refractivity contribution in [3.05, 3.63) is 81.3 Å². The Morgan fingerprint density at radius 3 is 2.46 bits per heavy atom. The molecule has 0 atom stereocenters. The number of rotatable bonds is 8. The van der Waals surface area contributed by atoms with Crippen molar-refractivity contribution in [1.82, 2.24) is 5.43 Å². The van der Waals surface area contributed by atoms with Gasteiger partial charge < -0.3 is 20.1 Å². The van der Waals surface area contributed by atoms with E-state index in [-0.39, 0.29) is 16.0 Å². The van der Waals surface area contributed by atoms with E-state index in [2.05, 4.69) is 37.1 Å². The lowest BCUT2D eigenvalue weighted by molar-refractivity contribution is -0.137. The molecule has 0 spiro atoms. The number of nitrogens with zero attached hydrogens (tertiary/aromatic N) is 1. The summed E-state index contributed by atoms with van der Waals surface area (Å²) < 4.78 is 50.6. The van der Waals surface area contributed by atoms with Gasteiger partial charge in [-0.2, -0.15) is 18.3 Å². The number of methoxy groups -OCH3 is 1. The molecule has 3 amide bonds. The van der Waals surface area contributed by atoms with Gasteiger partial charge >= 0.3 is 18.0 Å². The largest absolute Gasteiger partial charge is 0.493 e. The third kappa shape index (κ3) is 8.72. The average molecular weight is 628 g/mol. The number of carbonyl (C=O) groups is 3. The van der Waals surface area contributed by atoms with Crippen LogP contribution in [0.1, 0.15) is 11.1 Å². The van der Waals surface area contributed by atoms with E-state index in [1.54, 1.807) is 18.2 Å². The van der Waals surface area contributed by atoms with Crippen LogP contribution in [0.4, 0.5) is 24.5 Å². The Balaban J connectivity index is 1.57. The maximum atomic E-state index is 13.3. The molecule has 0 aliphatic rings. The molecular formula is C25H19BrClF3N4O5. The highest BCUT2D eigenvalue weighted by atomic mass is 79.9. The monoisotopic (exact) mass is 626 g/mol. The lowest BCUT2D eigenvalue weighted by Crippen LogP contribution is -2.32. The Kier molecular flexibility index (Phi) is 9.90. The Morgan fingerprint density at radius 2 is 1.77 bits per heavy atom. The summed E-state index contributed by atoms with van der Waals surface area (Å²) in [4.78, 5) is 36.2. The molecular weight excluding hydrogens is 609 g/mol. The van der Waals surface area contributed by atoms with Crippen molar-refractivity contribution in [2.75, 3.05) is 24.4 Å². The van der Waals surface area contributed by atoms with E-state index in [1.165, 1.54) is 43.7 Å². The standard InChI is InChI=1S/C25H19BrClF3N4O5/c1-38-21-9-14(12-31-34-24(37)23(36)32-17-4-2-3-16(27)11-17)5-8-20(21)39-13-22(35)33-19-7-6-15(26)10-18(19)25(28,29)30/h2-12H,13H2,1H3,(H,32,36)(H,33,35)(H,34,37)/b31-12-. The van der Waals surface area contributed by atoms with Crippen molar-refractivity contribution in [3.8, 4) is 11.5 Å². The lowest BCUT2D eigenvalue weighted by atomic mass is 10.1. The molecule has 0 fully saturated rings. The molecule has 3 aromatic carbocycles. The number of hydrazone groups is 1. The van der Waals surface area contributed by atoms with Crippen LogP contribution in [-0.2, 0) is 20.6 Å². The van der Waals surface area contributed by atoms with Gasteiger partial charge in [-0.3, -0.25) is 14.4 Å². The van der Waals surface area contributed by atoms with Crippen molar-refractivity contribution < 1.29 is 37.0 Å². The van der Waals surface area contributed by atoms with Gasteiger partial charge in [-0.25, -0.2) is 5.43 Å². The quantitative estimate of drug-likeness (QED) is 0.180. The lowest BCUT2D eigenvalue weighted by Gasteiger charge is -2.15. The highest BCUT2D eigenvalue weighted by Crippen LogP contribution is 2.36. The number of hydrogen-bond donors (Lipinski definition) is 3. The van der Waals surface area contributed by atoms with Gasteiger partial charge in [0, 0.05) is 15.2 Å². The summed E-state index contributed by atoms with van der Waals surface area (Å²) in [7, 11) is 1.34. The first kappa shape index (κ1) is 29.5. The van der Waals surface area contributed by atoms with E-state index in [9.17, 15) is 27.6 Å². The van der Waals surface area contributed by atoms with Crippen LogP contribution < -0.4 is 25.5 Å². The first-order chi connectivity index (χ1) is 18.5. The van der Waals surface area contributed by atoms with E-state index in [0.29, 0.717) is 16.3 Å². The molecule has 0 radical (unpaired) electrons. The van der Waals surface area contributed by atoms with Gasteiger partial charge in [-0.15, -0.1) is 0 Å². The second-order valence-corrected chi connectivity index (χ2v) is 8.95. The molecule has 0 bridgehead atoms. The van der Waals surface area contributed by atoms with Gasteiger partial charge in [-0.05, 0) is 60.2 Å². The summed E-state index contributed by atoms with van der Waals surface area (Å²) in [5, 5.41) is 8.65. The summed E-state index contributed by atoms with van der Waals surface area (Å²) in [6, 6.07) is 14.0. The number of alkyl halides is 3. The summed E-state index contributed by atoms with van der Waals surface area (Å²) in [6.07, 6.45) is -3.44. The number of carbonyl (C=O) groups excluding carboxylic acids is 3. The van der Waals surface area contributed by atoms with Crippen LogP contribution in [0.5, 0.6) is 11.5 Å². The zero-order chi connectivity index (χ0) is 28.6. The topological polar surface area (TPSA) is 118 Å². The van der Waals surface area contributed by atoms with Crippen LogP contribution in [0.15, 0.2) is 70.2 Å². The van der Waals surface area contributed by atoms with Crippen molar-refractivity contribution >= 4 is 62.8 Å². The molecule has 3 aromatic rings. The number of halogens is 5. The van der Waals surface area contributed by atoms with E-state index in [1.807, 2.05) is 0 Å². The van der Waals surface area contributed by atoms with Crippen molar-refractivity contribution in [2.24, 2.45) is 5.10 Å². The molecule has 14 heteroatoms. The fourth-order valence-electron chi connectivity index (χ4n) is 3.04. The van der Waals surface area contributed by atoms with Crippen molar-refractivity contribution in [2.45, 2.75) is 6.18 Å². The van der Waals surface area contributed by atoms with Crippen LogP contribution in [0, 0.1) is 0 Å². The van der Waals surface area contributed by atoms with Crippen LogP contribution in [-0.4, -0.2) is 37.7 Å². The summed E-state index contributed by atoms with van der Waals surface area (Å²) in [5.41, 5.74) is 1.41. The van der Waals surface area contributed by atoms with Crippen molar-refractivity contribution in [3.63, 3.8) is 0 Å². The smallest absolute Gasteiger partial charge is 0.418 e. The number of ether oxygens (including phenoxy) is 2. The van der Waals surface area contributed by atoms with E-state index >= 15 is 0 Å². The second-order valence-electron chi connectivity index (χ2n) is 7.60. The van der Waals surface area contributed by atoms with E-state index in [4.69, 9.17) is 21.1 Å². The minimum absolute atomic E-state index is 0.126. The van der Waals surface area contributed by atoms with Gasteiger partial charge in [-0.1, -0.05) is 33.6 Å². The number of benzene rings is 3. The number of anilines is 2. The molecule has 3 N–H and O–H groups in total. The van der Waals surface area contributed by atoms with E-state index in [0.717, 1.165) is 12.1 Å². The predicted molar refractivity (Wildman–Crippen MR) is 142 cm³/mol. The van der Waals surface area contributed by atoms with Crippen LogP contribution in [0.2, 0.25) is 5.02 Å².